The maximum atomic E-state index is 12.2. The van der Waals surface area contributed by atoms with Crippen molar-refractivity contribution in [3.05, 3.63) is 35.7 Å². The molecule has 1 atom stereocenters. The zero-order chi connectivity index (χ0) is 17.0. The number of aliphatic hydroxyl groups is 1. The number of amides is 1. The highest BCUT2D eigenvalue weighted by Crippen LogP contribution is 2.21. The molecule has 6 heteroatoms. The molecule has 1 heterocycles. The number of aromatic amines is 1. The molecule has 0 aliphatic carbocycles. The molecule has 2 rings (SSSR count). The zero-order valence-electron chi connectivity index (χ0n) is 14.1. The summed E-state index contributed by atoms with van der Waals surface area (Å²) in [6.07, 6.45) is 0.252. The monoisotopic (exact) mass is 316 g/mol. The first-order valence-electron chi connectivity index (χ1n) is 7.72. The van der Waals surface area contributed by atoms with Crippen LogP contribution in [0.5, 0.6) is 0 Å². The molecule has 0 spiro atoms. The van der Waals surface area contributed by atoms with Crippen LogP contribution in [0, 0.1) is 12.3 Å². The van der Waals surface area contributed by atoms with E-state index in [4.69, 9.17) is 0 Å². The maximum Gasteiger partial charge on any atom is 0.251 e. The van der Waals surface area contributed by atoms with Crippen LogP contribution in [-0.4, -0.2) is 38.8 Å². The molecule has 0 fully saturated rings. The van der Waals surface area contributed by atoms with Crippen molar-refractivity contribution in [3.8, 4) is 11.4 Å². The van der Waals surface area contributed by atoms with E-state index >= 15 is 0 Å². The van der Waals surface area contributed by atoms with E-state index in [1.807, 2.05) is 32.9 Å². The standard InChI is InChI=1S/C17H24N4O2/c1-11(22)9-17(3,4)10-18-16(23)14-7-5-13(6-8-14)15-19-12(2)20-21-15/h5-8,11,22H,9-10H2,1-4H3,(H,18,23)(H,19,20,21). The fraction of sp³-hybridized carbons (Fsp3) is 0.471. The number of hydrogen-bond donors (Lipinski definition) is 3. The Morgan fingerprint density at radius 2 is 2.00 bits per heavy atom. The summed E-state index contributed by atoms with van der Waals surface area (Å²) >= 11 is 0. The number of aryl methyl sites for hydroxylation is 1. The Labute approximate surface area is 136 Å². The van der Waals surface area contributed by atoms with Crippen LogP contribution in [0.3, 0.4) is 0 Å². The average molecular weight is 316 g/mol. The lowest BCUT2D eigenvalue weighted by Crippen LogP contribution is -2.35. The predicted octanol–water partition coefficient (Wildman–Crippen LogP) is 2.31. The SMILES string of the molecule is Cc1nc(-c2ccc(C(=O)NCC(C)(C)CC(C)O)cc2)n[nH]1. The van der Waals surface area contributed by atoms with Crippen molar-refractivity contribution in [2.75, 3.05) is 6.54 Å². The van der Waals surface area contributed by atoms with Crippen LogP contribution in [-0.2, 0) is 0 Å². The first-order valence-corrected chi connectivity index (χ1v) is 7.72. The van der Waals surface area contributed by atoms with Crippen molar-refractivity contribution in [3.63, 3.8) is 0 Å². The highest BCUT2D eigenvalue weighted by atomic mass is 16.3. The number of hydrogen-bond acceptors (Lipinski definition) is 4. The minimum atomic E-state index is -0.383. The largest absolute Gasteiger partial charge is 0.393 e. The minimum absolute atomic E-state index is 0.124. The van der Waals surface area contributed by atoms with Gasteiger partial charge in [0.15, 0.2) is 5.82 Å². The van der Waals surface area contributed by atoms with Gasteiger partial charge in [-0.25, -0.2) is 4.98 Å². The van der Waals surface area contributed by atoms with Gasteiger partial charge in [-0.3, -0.25) is 9.89 Å². The number of rotatable bonds is 6. The maximum absolute atomic E-state index is 12.2. The molecule has 1 amide bonds. The van der Waals surface area contributed by atoms with E-state index in [1.54, 1.807) is 19.1 Å². The summed E-state index contributed by atoms with van der Waals surface area (Å²) in [7, 11) is 0. The molecule has 0 saturated heterocycles. The van der Waals surface area contributed by atoms with Crippen molar-refractivity contribution >= 4 is 5.91 Å². The molecule has 2 aromatic rings. The summed E-state index contributed by atoms with van der Waals surface area (Å²) in [5, 5.41) is 19.3. The summed E-state index contributed by atoms with van der Waals surface area (Å²) in [5.41, 5.74) is 1.30. The topological polar surface area (TPSA) is 90.9 Å². The highest BCUT2D eigenvalue weighted by molar-refractivity contribution is 5.94. The van der Waals surface area contributed by atoms with Gasteiger partial charge in [0.1, 0.15) is 5.82 Å². The van der Waals surface area contributed by atoms with Gasteiger partial charge < -0.3 is 10.4 Å². The second kappa shape index (κ2) is 6.91. The summed E-state index contributed by atoms with van der Waals surface area (Å²) in [5.74, 6) is 1.25. The molecule has 6 nitrogen and oxygen atoms in total. The Kier molecular flexibility index (Phi) is 5.15. The number of aliphatic hydroxyl groups excluding tert-OH is 1. The van der Waals surface area contributed by atoms with Gasteiger partial charge >= 0.3 is 0 Å². The first kappa shape index (κ1) is 17.1. The summed E-state index contributed by atoms with van der Waals surface area (Å²) in [6.45, 7) is 8.16. The molecule has 1 aromatic carbocycles. The second-order valence-corrected chi connectivity index (χ2v) is 6.72. The molecule has 1 aromatic heterocycles. The first-order chi connectivity index (χ1) is 10.8. The highest BCUT2D eigenvalue weighted by Gasteiger charge is 2.21. The molecule has 0 aliphatic rings. The third-order valence-electron chi connectivity index (χ3n) is 3.58. The smallest absolute Gasteiger partial charge is 0.251 e. The van der Waals surface area contributed by atoms with Gasteiger partial charge in [0.25, 0.3) is 5.91 Å². The number of H-pyrrole nitrogens is 1. The normalized spacial score (nSPS) is 12.9. The van der Waals surface area contributed by atoms with Crippen LogP contribution in [0.15, 0.2) is 24.3 Å². The van der Waals surface area contributed by atoms with Gasteiger partial charge in [-0.1, -0.05) is 26.0 Å². The van der Waals surface area contributed by atoms with Crippen molar-refractivity contribution < 1.29 is 9.90 Å². The molecule has 0 saturated carbocycles. The van der Waals surface area contributed by atoms with Gasteiger partial charge in [-0.15, -0.1) is 0 Å². The number of benzene rings is 1. The van der Waals surface area contributed by atoms with Gasteiger partial charge in [0.05, 0.1) is 6.10 Å². The van der Waals surface area contributed by atoms with Crippen LogP contribution in [0.4, 0.5) is 0 Å². The van der Waals surface area contributed by atoms with Crippen LogP contribution < -0.4 is 5.32 Å². The van der Waals surface area contributed by atoms with Crippen LogP contribution in [0.2, 0.25) is 0 Å². The van der Waals surface area contributed by atoms with E-state index in [-0.39, 0.29) is 17.4 Å². The average Bonchev–Trinajstić information content (AvgIpc) is 2.90. The fourth-order valence-electron chi connectivity index (χ4n) is 2.54. The van der Waals surface area contributed by atoms with Crippen molar-refractivity contribution in [1.82, 2.24) is 20.5 Å². The minimum Gasteiger partial charge on any atom is -0.393 e. The Morgan fingerprint density at radius 1 is 1.35 bits per heavy atom. The Morgan fingerprint density at radius 3 is 2.52 bits per heavy atom. The van der Waals surface area contributed by atoms with Crippen LogP contribution in [0.1, 0.15) is 43.4 Å². The summed E-state index contributed by atoms with van der Waals surface area (Å²) < 4.78 is 0. The number of aromatic nitrogens is 3. The quantitative estimate of drug-likeness (QED) is 0.762. The number of nitrogens with zero attached hydrogens (tertiary/aromatic N) is 2. The molecule has 0 radical (unpaired) electrons. The van der Waals surface area contributed by atoms with Crippen molar-refractivity contribution in [2.45, 2.75) is 40.2 Å². The second-order valence-electron chi connectivity index (χ2n) is 6.72. The van der Waals surface area contributed by atoms with Crippen LogP contribution >= 0.6 is 0 Å². The molecule has 0 bridgehead atoms. The Hall–Kier alpha value is -2.21. The van der Waals surface area contributed by atoms with E-state index in [0.29, 0.717) is 24.4 Å². The number of nitrogens with one attached hydrogen (secondary N) is 2. The van der Waals surface area contributed by atoms with E-state index in [1.165, 1.54) is 0 Å². The van der Waals surface area contributed by atoms with Crippen molar-refractivity contribution in [1.29, 1.82) is 0 Å². The molecule has 3 N–H and O–H groups in total. The zero-order valence-corrected chi connectivity index (χ0v) is 14.1. The van der Waals surface area contributed by atoms with Gasteiger partial charge in [-0.05, 0) is 37.8 Å². The van der Waals surface area contributed by atoms with E-state index in [2.05, 4.69) is 20.5 Å². The third-order valence-corrected chi connectivity index (χ3v) is 3.58. The summed E-state index contributed by atoms with van der Waals surface area (Å²) in [6, 6.07) is 7.19. The summed E-state index contributed by atoms with van der Waals surface area (Å²) in [4.78, 5) is 16.5. The lowest BCUT2D eigenvalue weighted by molar-refractivity contribution is 0.0902. The van der Waals surface area contributed by atoms with E-state index in [0.717, 1.165) is 11.4 Å². The molecule has 23 heavy (non-hydrogen) atoms. The molecule has 0 aliphatic heterocycles. The molecular weight excluding hydrogens is 292 g/mol. The predicted molar refractivity (Wildman–Crippen MR) is 89.0 cm³/mol. The number of carbonyl (C=O) groups excluding carboxylic acids is 1. The molecule has 124 valence electrons. The van der Waals surface area contributed by atoms with E-state index in [9.17, 15) is 9.90 Å². The van der Waals surface area contributed by atoms with Crippen molar-refractivity contribution in [2.24, 2.45) is 5.41 Å². The Bertz CT molecular complexity index is 659. The van der Waals surface area contributed by atoms with Crippen LogP contribution in [0.25, 0.3) is 11.4 Å². The fourth-order valence-corrected chi connectivity index (χ4v) is 2.54. The molecule has 1 unspecified atom stereocenters. The third kappa shape index (κ3) is 4.89. The lowest BCUT2D eigenvalue weighted by Gasteiger charge is -2.26. The number of carbonyl (C=O) groups is 1. The van der Waals surface area contributed by atoms with E-state index < -0.39 is 0 Å². The Balaban J connectivity index is 1.98. The van der Waals surface area contributed by atoms with Gasteiger partial charge in [0, 0.05) is 17.7 Å². The van der Waals surface area contributed by atoms with Gasteiger partial charge in [-0.2, -0.15) is 5.10 Å². The lowest BCUT2D eigenvalue weighted by atomic mass is 9.87. The van der Waals surface area contributed by atoms with Gasteiger partial charge in [0.2, 0.25) is 0 Å². The molecular formula is C17H24N4O2.